The maximum absolute atomic E-state index is 12.8. The first-order valence-electron chi connectivity index (χ1n) is 9.72. The van der Waals surface area contributed by atoms with Crippen molar-refractivity contribution in [2.45, 2.75) is 24.8 Å². The average molecular weight is 523 g/mol. The molecular formula is C19H18N6O8S2. The molecule has 0 aromatic carbocycles. The molecule has 3 heterocycles. The van der Waals surface area contributed by atoms with Crippen LogP contribution in [0.2, 0.25) is 0 Å². The van der Waals surface area contributed by atoms with E-state index in [9.17, 15) is 29.1 Å². The molecule has 1 fully saturated rings. The number of β-lactam (4-membered cyclic amide) rings is 1. The fourth-order valence-electron chi connectivity index (χ4n) is 3.08. The van der Waals surface area contributed by atoms with E-state index < -0.39 is 54.0 Å². The van der Waals surface area contributed by atoms with E-state index in [0.717, 1.165) is 28.2 Å². The van der Waals surface area contributed by atoms with Gasteiger partial charge in [-0.1, -0.05) is 11.1 Å². The summed E-state index contributed by atoms with van der Waals surface area (Å²) in [7, 11) is 0. The molecule has 1 aromatic rings. The summed E-state index contributed by atoms with van der Waals surface area (Å²) >= 11 is 1.97. The predicted molar refractivity (Wildman–Crippen MR) is 122 cm³/mol. The third-order valence-electron chi connectivity index (χ3n) is 4.51. The van der Waals surface area contributed by atoms with Crippen molar-refractivity contribution in [2.75, 3.05) is 24.7 Å². The Labute approximate surface area is 206 Å². The number of thioether (sulfide) groups is 1. The number of carboxylic acid groups (broad SMARTS) is 1. The number of amides is 2. The van der Waals surface area contributed by atoms with Crippen LogP contribution in [0.1, 0.15) is 19.2 Å². The van der Waals surface area contributed by atoms with Crippen molar-refractivity contribution in [1.82, 2.24) is 19.6 Å². The van der Waals surface area contributed by atoms with Gasteiger partial charge in [-0.15, -0.1) is 18.2 Å². The second-order valence-corrected chi connectivity index (χ2v) is 8.92. The molecule has 2 atom stereocenters. The number of carbonyl (C=O) groups excluding carboxylic acids is 4. The van der Waals surface area contributed by atoms with Gasteiger partial charge in [-0.25, -0.2) is 4.79 Å². The number of hydrogen-bond acceptors (Lipinski definition) is 13. The highest BCUT2D eigenvalue weighted by atomic mass is 32.2. The Hall–Kier alpha value is -3.97. The number of aliphatic carboxylic acids is 1. The lowest BCUT2D eigenvalue weighted by Gasteiger charge is -2.49. The molecule has 3 rings (SSSR count). The maximum Gasteiger partial charge on any atom is 0.352 e. The fourth-order valence-corrected chi connectivity index (χ4v) is 4.84. The average Bonchev–Trinajstić information content (AvgIpc) is 3.23. The number of carboxylic acids is 1. The smallest absolute Gasteiger partial charge is 0.352 e. The zero-order valence-corrected chi connectivity index (χ0v) is 19.7. The van der Waals surface area contributed by atoms with Crippen LogP contribution in [0.25, 0.3) is 0 Å². The third-order valence-corrected chi connectivity index (χ3v) is 6.39. The lowest BCUT2D eigenvalue weighted by Crippen LogP contribution is -2.71. The van der Waals surface area contributed by atoms with E-state index in [2.05, 4.69) is 25.8 Å². The van der Waals surface area contributed by atoms with Crippen LogP contribution in [0.3, 0.4) is 0 Å². The van der Waals surface area contributed by atoms with Crippen LogP contribution in [0.15, 0.2) is 16.4 Å². The lowest BCUT2D eigenvalue weighted by molar-refractivity contribution is -0.150. The lowest BCUT2D eigenvalue weighted by atomic mass is 10.0. The van der Waals surface area contributed by atoms with Gasteiger partial charge in [0, 0.05) is 22.9 Å². The molecule has 0 saturated carbocycles. The summed E-state index contributed by atoms with van der Waals surface area (Å²) in [6, 6.07) is -1.09. The number of ether oxygens (including phenoxy) is 1. The van der Waals surface area contributed by atoms with Gasteiger partial charge in [0.1, 0.15) is 35.9 Å². The van der Waals surface area contributed by atoms with Gasteiger partial charge in [0.05, 0.1) is 0 Å². The molecule has 4 N–H and O–H groups in total. The highest BCUT2D eigenvalue weighted by Crippen LogP contribution is 2.40. The normalized spacial score (nSPS) is 19.3. The van der Waals surface area contributed by atoms with Gasteiger partial charge in [-0.3, -0.25) is 24.1 Å². The summed E-state index contributed by atoms with van der Waals surface area (Å²) < 4.78 is 8.87. The standard InChI is InChI=1S/C19H18N6O8S2/c1-3-4-33-23-11(14-22-19(20)35-24-14)15(28)21-12-16(29)25-13(18(30)31)9(7-34-17(12)25)6-32-10(27)5-8(2)26/h1,12,17H,4-7H2,2H3,(H,21,28)(H,30,31)(H2,20,22,24)/t12?,17-/m0/s1. The molecule has 0 bridgehead atoms. The van der Waals surface area contributed by atoms with Crippen molar-refractivity contribution in [2.24, 2.45) is 5.16 Å². The summed E-state index contributed by atoms with van der Waals surface area (Å²) in [6.45, 7) is 0.584. The van der Waals surface area contributed by atoms with Gasteiger partial charge in [0.2, 0.25) is 11.5 Å². The highest BCUT2D eigenvalue weighted by Gasteiger charge is 2.54. The summed E-state index contributed by atoms with van der Waals surface area (Å²) in [5.74, 6) is -2.03. The van der Waals surface area contributed by atoms with Gasteiger partial charge < -0.3 is 25.7 Å². The number of oxime groups is 1. The van der Waals surface area contributed by atoms with Gasteiger partial charge in [-0.2, -0.15) is 9.36 Å². The van der Waals surface area contributed by atoms with Crippen molar-refractivity contribution in [3.63, 3.8) is 0 Å². The molecule has 1 saturated heterocycles. The summed E-state index contributed by atoms with van der Waals surface area (Å²) in [5, 5.41) is 15.1. The Morgan fingerprint density at radius 2 is 2.14 bits per heavy atom. The molecule has 184 valence electrons. The van der Waals surface area contributed by atoms with E-state index in [1.807, 2.05) is 0 Å². The number of nitrogens with zero attached hydrogens (tertiary/aromatic N) is 4. The van der Waals surface area contributed by atoms with E-state index in [0.29, 0.717) is 0 Å². The number of esters is 1. The van der Waals surface area contributed by atoms with Crippen LogP contribution < -0.4 is 11.1 Å². The number of nitrogen functional groups attached to an aromatic ring is 1. The van der Waals surface area contributed by atoms with Gasteiger partial charge in [0.15, 0.2) is 11.7 Å². The second kappa shape index (κ2) is 11.0. The number of fused-ring (bicyclic) bond motifs is 1. The molecule has 14 nitrogen and oxygen atoms in total. The molecular weight excluding hydrogens is 504 g/mol. The van der Waals surface area contributed by atoms with Crippen LogP contribution in [0.4, 0.5) is 5.13 Å². The minimum Gasteiger partial charge on any atom is -0.477 e. The quantitative estimate of drug-likeness (QED) is 0.0626. The Bertz CT molecular complexity index is 1190. The summed E-state index contributed by atoms with van der Waals surface area (Å²) in [5.41, 5.74) is 5.02. The minimum atomic E-state index is -1.40. The van der Waals surface area contributed by atoms with Crippen molar-refractivity contribution >= 4 is 63.7 Å². The number of terminal acetylenes is 1. The fraction of sp³-hybridized carbons (Fsp3) is 0.368. The number of nitrogens with two attached hydrogens (primary N) is 1. The number of hydrogen-bond donors (Lipinski definition) is 3. The number of rotatable bonds is 10. The van der Waals surface area contributed by atoms with Crippen molar-refractivity contribution in [3.8, 4) is 12.3 Å². The number of ketones is 1. The first-order valence-corrected chi connectivity index (χ1v) is 11.5. The second-order valence-electron chi connectivity index (χ2n) is 7.03. The molecule has 2 aliphatic heterocycles. The van der Waals surface area contributed by atoms with Crippen LogP contribution in [0, 0.1) is 12.3 Å². The zero-order valence-electron chi connectivity index (χ0n) is 18.0. The Balaban J connectivity index is 1.74. The van der Waals surface area contributed by atoms with Crippen molar-refractivity contribution in [3.05, 3.63) is 17.1 Å². The monoisotopic (exact) mass is 522 g/mol. The molecule has 0 aliphatic carbocycles. The molecule has 35 heavy (non-hydrogen) atoms. The first kappa shape index (κ1) is 25.6. The Morgan fingerprint density at radius 3 is 2.74 bits per heavy atom. The molecule has 2 aliphatic rings. The van der Waals surface area contributed by atoms with E-state index in [4.69, 9.17) is 21.7 Å². The number of aromatic nitrogens is 2. The van der Waals surface area contributed by atoms with E-state index >= 15 is 0 Å². The van der Waals surface area contributed by atoms with Gasteiger partial charge >= 0.3 is 11.9 Å². The van der Waals surface area contributed by atoms with Crippen LogP contribution in [-0.2, 0) is 33.5 Å². The summed E-state index contributed by atoms with van der Waals surface area (Å²) in [4.78, 5) is 69.9. The van der Waals surface area contributed by atoms with Gasteiger partial charge in [0.25, 0.3) is 11.8 Å². The van der Waals surface area contributed by atoms with E-state index in [1.165, 1.54) is 6.92 Å². The first-order chi connectivity index (χ1) is 16.6. The Morgan fingerprint density at radius 1 is 1.40 bits per heavy atom. The number of carbonyl (C=O) groups is 5. The minimum absolute atomic E-state index is 0.0685. The van der Waals surface area contributed by atoms with E-state index in [-0.39, 0.29) is 40.3 Å². The summed E-state index contributed by atoms with van der Waals surface area (Å²) in [6.07, 6.45) is 4.65. The molecule has 1 aromatic heterocycles. The maximum atomic E-state index is 12.8. The van der Waals surface area contributed by atoms with Crippen LogP contribution in [-0.4, -0.2) is 85.0 Å². The predicted octanol–water partition coefficient (Wildman–Crippen LogP) is -1.26. The number of Topliss-reactive ketones (excluding diaryl/α,β-unsaturated/α-hetero) is 1. The zero-order chi connectivity index (χ0) is 25.7. The SMILES string of the molecule is C#CCON=C(C(=O)NC1C(=O)N2C(C(=O)O)=C(COC(=O)CC(C)=O)CS[C@@H]12)c1nsc(N)n1. The van der Waals surface area contributed by atoms with Gasteiger partial charge in [-0.05, 0) is 6.92 Å². The topological polar surface area (TPSA) is 203 Å². The molecule has 0 radical (unpaired) electrons. The van der Waals surface area contributed by atoms with Crippen LogP contribution >= 0.6 is 23.3 Å². The molecule has 16 heteroatoms. The molecule has 2 amide bonds. The van der Waals surface area contributed by atoms with Crippen molar-refractivity contribution < 1.29 is 38.7 Å². The molecule has 1 unspecified atom stereocenters. The number of nitrogens with one attached hydrogen (secondary N) is 1. The van der Waals surface area contributed by atoms with E-state index in [1.54, 1.807) is 0 Å². The number of anilines is 1. The van der Waals surface area contributed by atoms with Crippen LogP contribution in [0.5, 0.6) is 0 Å². The van der Waals surface area contributed by atoms with Crippen molar-refractivity contribution in [1.29, 1.82) is 0 Å². The molecule has 0 spiro atoms. The largest absolute Gasteiger partial charge is 0.477 e. The Kier molecular flexibility index (Phi) is 8.04. The third kappa shape index (κ3) is 5.75. The highest BCUT2D eigenvalue weighted by molar-refractivity contribution is 8.00.